The van der Waals surface area contributed by atoms with Gasteiger partial charge in [-0.1, -0.05) is 0 Å². The summed E-state index contributed by atoms with van der Waals surface area (Å²) in [6.45, 7) is 1.55. The van der Waals surface area contributed by atoms with Gasteiger partial charge in [-0.25, -0.2) is 27.2 Å². The number of halogens is 3. The van der Waals surface area contributed by atoms with Crippen LogP contribution in [0.2, 0.25) is 0 Å². The molecule has 32 heavy (non-hydrogen) atoms. The molecule has 0 saturated carbocycles. The van der Waals surface area contributed by atoms with Crippen molar-refractivity contribution in [2.45, 2.75) is 29.8 Å². The summed E-state index contributed by atoms with van der Waals surface area (Å²) < 4.78 is 59.2. The third-order valence-corrected chi connectivity index (χ3v) is 7.39. The summed E-state index contributed by atoms with van der Waals surface area (Å²) in [4.78, 5) is 22.6. The first-order valence-corrected chi connectivity index (χ1v) is 12.7. The highest BCUT2D eigenvalue weighted by atomic mass is 79.9. The van der Waals surface area contributed by atoms with E-state index in [9.17, 15) is 22.0 Å². The number of hydrogen-bond donors (Lipinski definition) is 1. The average Bonchev–Trinajstić information content (AvgIpc) is 3.07. The normalized spacial score (nSPS) is 22.4. The molecule has 1 amide bonds. The minimum Gasteiger partial charge on any atom is -0.474 e. The molecule has 0 bridgehead atoms. The second kappa shape index (κ2) is 8.64. The minimum absolute atomic E-state index is 0.183. The van der Waals surface area contributed by atoms with E-state index < -0.39 is 43.6 Å². The number of anilines is 1. The van der Waals surface area contributed by atoms with E-state index in [0.29, 0.717) is 42.7 Å². The number of carbonyl (C=O) groups is 1. The summed E-state index contributed by atoms with van der Waals surface area (Å²) in [5.41, 5.74) is -1.45. The van der Waals surface area contributed by atoms with Crippen LogP contribution in [-0.4, -0.2) is 55.8 Å². The lowest BCUT2D eigenvalue weighted by atomic mass is 9.79. The van der Waals surface area contributed by atoms with Crippen LogP contribution in [0, 0.1) is 17.6 Å². The summed E-state index contributed by atoms with van der Waals surface area (Å²) >= 11 is 3.26. The van der Waals surface area contributed by atoms with E-state index in [2.05, 4.69) is 31.2 Å². The average molecular weight is 531 g/mol. The largest absolute Gasteiger partial charge is 0.474 e. The van der Waals surface area contributed by atoms with Crippen LogP contribution in [-0.2, 0) is 14.6 Å². The summed E-state index contributed by atoms with van der Waals surface area (Å²) in [5, 5.41) is 3.22. The van der Waals surface area contributed by atoms with Crippen molar-refractivity contribution in [2.24, 2.45) is 5.92 Å². The number of ether oxygens (including phenoxy) is 1. The van der Waals surface area contributed by atoms with Gasteiger partial charge in [0.1, 0.15) is 15.3 Å². The topological polar surface area (TPSA) is 101 Å². The number of benzene rings is 1. The Labute approximate surface area is 192 Å². The molecule has 1 unspecified atom stereocenters. The lowest BCUT2D eigenvalue weighted by Gasteiger charge is -2.38. The van der Waals surface area contributed by atoms with Crippen LogP contribution in [0.25, 0.3) is 0 Å². The Morgan fingerprint density at radius 1 is 1.25 bits per heavy atom. The first kappa shape index (κ1) is 23.0. The maximum absolute atomic E-state index is 14.8. The molecule has 2 aliphatic rings. The van der Waals surface area contributed by atoms with E-state index in [4.69, 9.17) is 4.74 Å². The van der Waals surface area contributed by atoms with Crippen molar-refractivity contribution in [1.82, 2.24) is 15.3 Å². The lowest BCUT2D eigenvalue weighted by Crippen LogP contribution is -2.54. The van der Waals surface area contributed by atoms with E-state index in [0.717, 1.165) is 6.26 Å². The van der Waals surface area contributed by atoms with Crippen molar-refractivity contribution in [3.63, 3.8) is 0 Å². The van der Waals surface area contributed by atoms with Crippen molar-refractivity contribution < 1.29 is 26.7 Å². The smallest absolute Gasteiger partial charge is 0.273 e. The number of carbonyl (C=O) groups excluding carboxylic acids is 1. The predicted octanol–water partition coefficient (Wildman–Crippen LogP) is 2.47. The summed E-state index contributed by atoms with van der Waals surface area (Å²) in [6.07, 6.45) is 3.72. The van der Waals surface area contributed by atoms with Crippen molar-refractivity contribution in [2.75, 3.05) is 30.8 Å². The first-order valence-electron chi connectivity index (χ1n) is 10.0. The number of hydrogen-bond acceptors (Lipinski definition) is 7. The lowest BCUT2D eigenvalue weighted by molar-refractivity contribution is -0.136. The van der Waals surface area contributed by atoms with Crippen LogP contribution in [0.15, 0.2) is 33.9 Å². The number of nitrogens with one attached hydrogen (secondary N) is 1. The fraction of sp³-hybridized carbons (Fsp3) is 0.450. The van der Waals surface area contributed by atoms with Crippen LogP contribution in [0.4, 0.5) is 14.7 Å². The third-order valence-electron chi connectivity index (χ3n) is 5.84. The van der Waals surface area contributed by atoms with Crippen LogP contribution >= 0.6 is 15.9 Å². The van der Waals surface area contributed by atoms with Gasteiger partial charge in [-0.3, -0.25) is 9.69 Å². The fourth-order valence-electron chi connectivity index (χ4n) is 4.28. The number of rotatable bonds is 5. The highest BCUT2D eigenvalue weighted by Crippen LogP contribution is 2.41. The van der Waals surface area contributed by atoms with E-state index >= 15 is 0 Å². The molecular weight excluding hydrogens is 510 g/mol. The van der Waals surface area contributed by atoms with E-state index in [1.54, 1.807) is 6.07 Å². The van der Waals surface area contributed by atoms with Gasteiger partial charge in [0.2, 0.25) is 5.95 Å². The molecule has 1 aromatic heterocycles. The standard InChI is InChI=1S/C20H21BrF2N4O4S/c1-32(29,30)16-11-13(22)15(10-14(16)23)31-20(12-2-6-24-7-3-12)5-9-27(18(20)28)19-25-8-4-17(21)26-19/h4,8,10-12,24H,2-3,5-7,9H2,1H3. The Hall–Kier alpha value is -2.18. The molecule has 0 radical (unpaired) electrons. The third kappa shape index (κ3) is 4.23. The van der Waals surface area contributed by atoms with E-state index in [1.165, 1.54) is 11.1 Å². The molecule has 8 nitrogen and oxygen atoms in total. The second-order valence-electron chi connectivity index (χ2n) is 7.89. The SMILES string of the molecule is CS(=O)(=O)c1cc(F)c(OC2(C3CCNCC3)CCN(c3nccc(Br)n3)C2=O)cc1F. The number of piperidine rings is 1. The van der Waals surface area contributed by atoms with Crippen molar-refractivity contribution in [1.29, 1.82) is 0 Å². The van der Waals surface area contributed by atoms with Gasteiger partial charge < -0.3 is 10.1 Å². The zero-order valence-electron chi connectivity index (χ0n) is 17.1. The summed E-state index contributed by atoms with van der Waals surface area (Å²) in [6, 6.07) is 2.91. The molecular formula is C20H21BrF2N4O4S. The Balaban J connectivity index is 1.74. The van der Waals surface area contributed by atoms with Gasteiger partial charge in [-0.05, 0) is 54.0 Å². The Kier molecular flexibility index (Phi) is 6.21. The van der Waals surface area contributed by atoms with Crippen molar-refractivity contribution in [3.05, 3.63) is 40.6 Å². The molecule has 2 aromatic rings. The highest BCUT2D eigenvalue weighted by Gasteiger charge is 2.55. The van der Waals surface area contributed by atoms with Crippen LogP contribution in [0.5, 0.6) is 5.75 Å². The zero-order chi connectivity index (χ0) is 23.1. The van der Waals surface area contributed by atoms with Crippen molar-refractivity contribution >= 4 is 37.6 Å². The number of sulfone groups is 1. The van der Waals surface area contributed by atoms with Crippen molar-refractivity contribution in [3.8, 4) is 5.75 Å². The molecule has 1 atom stereocenters. The molecule has 0 aliphatic carbocycles. The molecule has 2 saturated heterocycles. The van der Waals surface area contributed by atoms with Gasteiger partial charge >= 0.3 is 0 Å². The molecule has 0 spiro atoms. The van der Waals surface area contributed by atoms with Crippen LogP contribution in [0.1, 0.15) is 19.3 Å². The molecule has 2 fully saturated rings. The molecule has 12 heteroatoms. The molecule has 3 heterocycles. The maximum atomic E-state index is 14.8. The van der Waals surface area contributed by atoms with Gasteiger partial charge in [-0.15, -0.1) is 0 Å². The summed E-state index contributed by atoms with van der Waals surface area (Å²) in [5.74, 6) is -3.20. The molecule has 172 valence electrons. The van der Waals surface area contributed by atoms with Gasteiger partial charge in [-0.2, -0.15) is 0 Å². The number of nitrogens with zero attached hydrogens (tertiary/aromatic N) is 3. The maximum Gasteiger partial charge on any atom is 0.273 e. The van der Waals surface area contributed by atoms with Gasteiger partial charge in [0.15, 0.2) is 27.0 Å². The van der Waals surface area contributed by atoms with Gasteiger partial charge in [0.05, 0.1) is 0 Å². The Morgan fingerprint density at radius 3 is 2.62 bits per heavy atom. The van der Waals surface area contributed by atoms with E-state index in [1.807, 2.05) is 0 Å². The molecule has 1 aromatic carbocycles. The van der Waals surface area contributed by atoms with E-state index in [-0.39, 0.29) is 24.8 Å². The van der Waals surface area contributed by atoms with Crippen LogP contribution < -0.4 is 15.0 Å². The first-order chi connectivity index (χ1) is 15.1. The number of amides is 1. The predicted molar refractivity (Wildman–Crippen MR) is 115 cm³/mol. The monoisotopic (exact) mass is 530 g/mol. The molecule has 1 N–H and O–H groups in total. The summed E-state index contributed by atoms with van der Waals surface area (Å²) in [7, 11) is -3.97. The quantitative estimate of drug-likeness (QED) is 0.592. The van der Waals surface area contributed by atoms with Gasteiger partial charge in [0.25, 0.3) is 5.91 Å². The zero-order valence-corrected chi connectivity index (χ0v) is 19.5. The van der Waals surface area contributed by atoms with Gasteiger partial charge in [0, 0.05) is 37.4 Å². The van der Waals surface area contributed by atoms with Crippen LogP contribution in [0.3, 0.4) is 0 Å². The minimum atomic E-state index is -3.97. The number of aromatic nitrogens is 2. The second-order valence-corrected chi connectivity index (χ2v) is 10.7. The molecule has 4 rings (SSSR count). The Bertz CT molecular complexity index is 1160. The highest BCUT2D eigenvalue weighted by molar-refractivity contribution is 9.10. The fourth-order valence-corrected chi connectivity index (χ4v) is 5.28. The molecule has 2 aliphatic heterocycles. The Morgan fingerprint density at radius 2 is 1.97 bits per heavy atom.